The van der Waals surface area contributed by atoms with Crippen molar-refractivity contribution in [3.63, 3.8) is 0 Å². The summed E-state index contributed by atoms with van der Waals surface area (Å²) in [7, 11) is -1.33. The van der Waals surface area contributed by atoms with Crippen LogP contribution in [0.5, 0.6) is 0 Å². The Morgan fingerprint density at radius 2 is 1.75 bits per heavy atom. The van der Waals surface area contributed by atoms with Crippen LogP contribution in [0.1, 0.15) is 20.3 Å². The Kier molecular flexibility index (Phi) is 14.8. The van der Waals surface area contributed by atoms with E-state index >= 15 is 0 Å². The molecule has 0 unspecified atom stereocenters. The fraction of sp³-hybridized carbons (Fsp3) is 0.875. The van der Waals surface area contributed by atoms with Crippen molar-refractivity contribution in [2.24, 2.45) is 0 Å². The van der Waals surface area contributed by atoms with Crippen LogP contribution in [-0.2, 0) is 4.43 Å². The number of rotatable bonds is 4. The summed E-state index contributed by atoms with van der Waals surface area (Å²) in [5.41, 5.74) is 0. The van der Waals surface area contributed by atoms with Gasteiger partial charge in [-0.1, -0.05) is 6.04 Å². The molecular weight excluding hydrogens is 291 g/mol. The maximum Gasteiger partial charge on any atom is 2.00 e. The molecule has 4 heteroatoms. The molecule has 1 nitrogen and oxygen atoms in total. The zero-order valence-electron chi connectivity index (χ0n) is 8.69. The van der Waals surface area contributed by atoms with Crippen molar-refractivity contribution in [1.29, 1.82) is 0 Å². The zero-order valence-corrected chi connectivity index (χ0v) is 13.3. The maximum atomic E-state index is 5.78. The Bertz CT molecular complexity index is 99.1. The average molecular weight is 311 g/mol. The van der Waals surface area contributed by atoms with Crippen LogP contribution in [0.2, 0.25) is 19.1 Å². The van der Waals surface area contributed by atoms with E-state index < -0.39 is 8.32 Å². The van der Waals surface area contributed by atoms with Gasteiger partial charge in [-0.05, 0) is 26.9 Å². The van der Waals surface area contributed by atoms with E-state index in [1.165, 1.54) is 6.04 Å². The summed E-state index contributed by atoms with van der Waals surface area (Å²) < 4.78 is 5.78. The molecule has 0 N–H and O–H groups in total. The molecular formula is C8H19IMgOSi. The Morgan fingerprint density at radius 3 is 2.00 bits per heavy atom. The van der Waals surface area contributed by atoms with E-state index in [4.69, 9.17) is 4.43 Å². The molecule has 0 fully saturated rings. The predicted molar refractivity (Wildman–Crippen MR) is 54.2 cm³/mol. The third-order valence-electron chi connectivity index (χ3n) is 1.33. The molecule has 0 amide bonds. The van der Waals surface area contributed by atoms with Gasteiger partial charge in [-0.15, -0.1) is 0 Å². The summed E-state index contributed by atoms with van der Waals surface area (Å²) in [6, 6.07) is 1.17. The first kappa shape index (κ1) is 19.3. The van der Waals surface area contributed by atoms with Gasteiger partial charge in [0, 0.05) is 6.10 Å². The Labute approximate surface area is 111 Å². The van der Waals surface area contributed by atoms with E-state index in [2.05, 4.69) is 33.9 Å². The normalized spacial score (nSPS) is 10.5. The predicted octanol–water partition coefficient (Wildman–Crippen LogP) is -0.536. The summed E-state index contributed by atoms with van der Waals surface area (Å²) in [6.45, 7) is 12.5. The number of hydrogen-bond acceptors (Lipinski definition) is 1. The molecule has 70 valence electrons. The van der Waals surface area contributed by atoms with Gasteiger partial charge in [-0.25, -0.2) is 0 Å². The largest absolute Gasteiger partial charge is 2.00 e. The van der Waals surface area contributed by atoms with Crippen LogP contribution in [0.15, 0.2) is 0 Å². The van der Waals surface area contributed by atoms with Crippen LogP contribution in [0.3, 0.4) is 0 Å². The Hall–Kier alpha value is 1.67. The van der Waals surface area contributed by atoms with Gasteiger partial charge in [0.2, 0.25) is 0 Å². The standard InChI is InChI=1S/C8H19OSi.HI.Mg/c1-6-7-10(4,5)9-8(2)3;;/h8H,1,6-7H2,2-5H3;1H;/q-1;;+2/p-1. The van der Waals surface area contributed by atoms with Crippen LogP contribution in [0, 0.1) is 6.92 Å². The molecule has 0 radical (unpaired) electrons. The maximum absolute atomic E-state index is 5.78. The van der Waals surface area contributed by atoms with Gasteiger partial charge >= 0.3 is 23.1 Å². The van der Waals surface area contributed by atoms with Gasteiger partial charge < -0.3 is 35.3 Å². The number of halogens is 1. The average Bonchev–Trinajstić information content (AvgIpc) is 1.59. The van der Waals surface area contributed by atoms with Crippen molar-refractivity contribution < 1.29 is 28.4 Å². The molecule has 0 aliphatic heterocycles. The third-order valence-corrected chi connectivity index (χ3v) is 4.00. The van der Waals surface area contributed by atoms with E-state index in [0.717, 1.165) is 6.42 Å². The van der Waals surface area contributed by atoms with Crippen molar-refractivity contribution in [2.45, 2.75) is 45.5 Å². The molecule has 0 aliphatic carbocycles. The topological polar surface area (TPSA) is 9.23 Å². The van der Waals surface area contributed by atoms with Crippen LogP contribution < -0.4 is 24.0 Å². The molecule has 0 aliphatic rings. The molecule has 0 saturated carbocycles. The first-order valence-electron chi connectivity index (χ1n) is 3.95. The van der Waals surface area contributed by atoms with Gasteiger partial charge in [0.1, 0.15) is 0 Å². The second kappa shape index (κ2) is 9.24. The summed E-state index contributed by atoms with van der Waals surface area (Å²) in [6.07, 6.45) is 1.39. The molecule has 0 spiro atoms. The molecule has 0 aromatic rings. The van der Waals surface area contributed by atoms with Crippen molar-refractivity contribution in [1.82, 2.24) is 0 Å². The number of hydrogen-bond donors (Lipinski definition) is 0. The fourth-order valence-electron chi connectivity index (χ4n) is 1.12. The van der Waals surface area contributed by atoms with E-state index in [0.29, 0.717) is 6.10 Å². The van der Waals surface area contributed by atoms with Gasteiger partial charge in [-0.2, -0.15) is 6.42 Å². The first-order chi connectivity index (χ1) is 4.48. The van der Waals surface area contributed by atoms with Gasteiger partial charge in [-0.3, -0.25) is 0 Å². The molecule has 0 atom stereocenters. The monoisotopic (exact) mass is 310 g/mol. The summed E-state index contributed by atoms with van der Waals surface area (Å²) in [5.74, 6) is 0. The van der Waals surface area contributed by atoms with E-state index in [1.54, 1.807) is 0 Å². The molecule has 0 rings (SSSR count). The van der Waals surface area contributed by atoms with Crippen LogP contribution in [-0.4, -0.2) is 37.5 Å². The van der Waals surface area contributed by atoms with Crippen molar-refractivity contribution in [3.8, 4) is 0 Å². The van der Waals surface area contributed by atoms with Gasteiger partial charge in [0.15, 0.2) is 8.32 Å². The molecule has 0 aromatic heterocycles. The van der Waals surface area contributed by atoms with Crippen LogP contribution in [0.25, 0.3) is 0 Å². The van der Waals surface area contributed by atoms with E-state index in [-0.39, 0.29) is 47.0 Å². The van der Waals surface area contributed by atoms with Gasteiger partial charge in [0.25, 0.3) is 0 Å². The molecule has 0 aromatic carbocycles. The van der Waals surface area contributed by atoms with Crippen molar-refractivity contribution >= 4 is 31.4 Å². The minimum atomic E-state index is -1.33. The zero-order chi connectivity index (χ0) is 8.20. The van der Waals surface area contributed by atoms with E-state index in [9.17, 15) is 0 Å². The summed E-state index contributed by atoms with van der Waals surface area (Å²) in [5, 5.41) is 0. The van der Waals surface area contributed by atoms with E-state index in [1.807, 2.05) is 0 Å². The molecule has 0 saturated heterocycles. The SMILES string of the molecule is [CH2-]CC[Si](C)(C)OC(C)C.[I-].[Mg+2]. The Balaban J connectivity index is -0.000000405. The second-order valence-corrected chi connectivity index (χ2v) is 7.78. The van der Waals surface area contributed by atoms with Crippen molar-refractivity contribution in [2.75, 3.05) is 0 Å². The van der Waals surface area contributed by atoms with Crippen LogP contribution in [0.4, 0.5) is 0 Å². The third kappa shape index (κ3) is 11.7. The summed E-state index contributed by atoms with van der Waals surface area (Å²) >= 11 is 0. The first-order valence-corrected chi connectivity index (χ1v) is 7.06. The second-order valence-electron chi connectivity index (χ2n) is 3.53. The fourth-order valence-corrected chi connectivity index (χ4v) is 3.37. The Morgan fingerprint density at radius 1 is 1.33 bits per heavy atom. The molecule has 0 heterocycles. The molecule has 12 heavy (non-hydrogen) atoms. The quantitative estimate of drug-likeness (QED) is 0.385. The van der Waals surface area contributed by atoms with Crippen molar-refractivity contribution in [3.05, 3.63) is 6.92 Å². The van der Waals surface area contributed by atoms with Gasteiger partial charge in [0.05, 0.1) is 0 Å². The minimum Gasteiger partial charge on any atom is -1.00 e. The van der Waals surface area contributed by atoms with Crippen LogP contribution >= 0.6 is 0 Å². The molecule has 0 bridgehead atoms. The smallest absolute Gasteiger partial charge is 1.00 e. The minimum absolute atomic E-state index is 0. The summed E-state index contributed by atoms with van der Waals surface area (Å²) in [4.78, 5) is 0.